The zero-order valence-corrected chi connectivity index (χ0v) is 14.8. The first-order valence-electron chi connectivity index (χ1n) is 7.46. The summed E-state index contributed by atoms with van der Waals surface area (Å²) in [6, 6.07) is 10.4. The summed E-state index contributed by atoms with van der Waals surface area (Å²) in [5.74, 6) is 1.45. The maximum atomic E-state index is 12.6. The van der Waals surface area contributed by atoms with Crippen molar-refractivity contribution >= 4 is 15.7 Å². The van der Waals surface area contributed by atoms with Crippen molar-refractivity contribution in [2.75, 3.05) is 11.8 Å². The molecule has 0 saturated carbocycles. The van der Waals surface area contributed by atoms with E-state index >= 15 is 0 Å². The summed E-state index contributed by atoms with van der Waals surface area (Å²) in [4.78, 5) is 7.68. The average Bonchev–Trinajstić information content (AvgIpc) is 3.03. The number of hydrogen-bond acceptors (Lipinski definition) is 6. The van der Waals surface area contributed by atoms with Gasteiger partial charge in [-0.05, 0) is 43.7 Å². The number of hydrogen-bond donors (Lipinski definition) is 1. The third-order valence-corrected chi connectivity index (χ3v) is 4.84. The van der Waals surface area contributed by atoms with Gasteiger partial charge in [0.1, 0.15) is 11.5 Å². The fraction of sp³-hybridized carbons (Fsp3) is 0.176. The molecule has 3 aromatic rings. The summed E-state index contributed by atoms with van der Waals surface area (Å²) < 4.78 is 38.2. The van der Waals surface area contributed by atoms with E-state index in [-0.39, 0.29) is 11.0 Å². The van der Waals surface area contributed by atoms with Crippen LogP contribution >= 0.6 is 0 Å². The van der Waals surface area contributed by atoms with Gasteiger partial charge in [0, 0.05) is 11.8 Å². The van der Waals surface area contributed by atoms with E-state index in [1.54, 1.807) is 6.07 Å². The molecular weight excluding hydrogens is 342 g/mol. The van der Waals surface area contributed by atoms with Crippen LogP contribution in [0.5, 0.6) is 6.01 Å². The largest absolute Gasteiger partial charge is 0.467 e. The lowest BCUT2D eigenvalue weighted by Gasteiger charge is -2.11. The Morgan fingerprint density at radius 3 is 2.60 bits per heavy atom. The highest BCUT2D eigenvalue weighted by molar-refractivity contribution is 7.92. The summed E-state index contributed by atoms with van der Waals surface area (Å²) in [7, 11) is -2.50. The summed E-state index contributed by atoms with van der Waals surface area (Å²) in [6.45, 7) is 3.67. The van der Waals surface area contributed by atoms with Crippen molar-refractivity contribution in [1.82, 2.24) is 9.97 Å². The van der Waals surface area contributed by atoms with Crippen LogP contribution in [-0.4, -0.2) is 25.5 Å². The van der Waals surface area contributed by atoms with Gasteiger partial charge in [0.15, 0.2) is 5.03 Å². The van der Waals surface area contributed by atoms with Crippen LogP contribution in [-0.2, 0) is 10.0 Å². The second kappa shape index (κ2) is 6.56. The molecule has 0 atom stereocenters. The zero-order valence-electron chi connectivity index (χ0n) is 14.0. The molecule has 1 aromatic carbocycles. The number of ether oxygens (including phenoxy) is 1. The van der Waals surface area contributed by atoms with E-state index in [1.807, 2.05) is 38.1 Å². The van der Waals surface area contributed by atoms with Gasteiger partial charge >= 0.3 is 6.01 Å². The molecule has 0 radical (unpaired) electrons. The lowest BCUT2D eigenvalue weighted by atomic mass is 10.1. The van der Waals surface area contributed by atoms with Gasteiger partial charge in [-0.25, -0.2) is 4.98 Å². The van der Waals surface area contributed by atoms with Crippen LogP contribution < -0.4 is 9.46 Å². The maximum Gasteiger partial charge on any atom is 0.317 e. The Morgan fingerprint density at radius 1 is 1.12 bits per heavy atom. The van der Waals surface area contributed by atoms with Gasteiger partial charge in [-0.1, -0.05) is 12.1 Å². The number of methoxy groups -OCH3 is 1. The van der Waals surface area contributed by atoms with Gasteiger partial charge in [-0.15, -0.1) is 0 Å². The standard InChI is InChI=1S/C17H17N3O4S/c1-11-4-6-13(15-7-5-12(2)24-15)10-14(11)20-25(21,22)16-8-9-18-17(19-16)23-3/h4-10,20H,1-3H3. The fourth-order valence-corrected chi connectivity index (χ4v) is 3.30. The quantitative estimate of drug-likeness (QED) is 0.703. The number of sulfonamides is 1. The summed E-state index contributed by atoms with van der Waals surface area (Å²) in [5, 5.41) is -0.169. The summed E-state index contributed by atoms with van der Waals surface area (Å²) in [6.07, 6.45) is 1.33. The van der Waals surface area contributed by atoms with Gasteiger partial charge in [0.25, 0.3) is 10.0 Å². The number of nitrogens with one attached hydrogen (secondary N) is 1. The average molecular weight is 359 g/mol. The summed E-state index contributed by atoms with van der Waals surface area (Å²) >= 11 is 0. The molecule has 1 N–H and O–H groups in total. The minimum absolute atomic E-state index is 0.0144. The predicted octanol–water partition coefficient (Wildman–Crippen LogP) is 3.16. The van der Waals surface area contributed by atoms with E-state index in [9.17, 15) is 8.42 Å². The zero-order chi connectivity index (χ0) is 18.0. The van der Waals surface area contributed by atoms with E-state index in [1.165, 1.54) is 19.4 Å². The number of aromatic nitrogens is 2. The van der Waals surface area contributed by atoms with E-state index in [0.717, 1.165) is 16.9 Å². The second-order valence-electron chi connectivity index (χ2n) is 5.43. The van der Waals surface area contributed by atoms with E-state index in [0.29, 0.717) is 11.4 Å². The number of aryl methyl sites for hydroxylation is 2. The lowest BCUT2D eigenvalue weighted by molar-refractivity contribution is 0.375. The molecule has 0 aliphatic heterocycles. The van der Waals surface area contributed by atoms with Crippen molar-refractivity contribution in [2.45, 2.75) is 18.9 Å². The van der Waals surface area contributed by atoms with Crippen molar-refractivity contribution in [1.29, 1.82) is 0 Å². The third kappa shape index (κ3) is 3.63. The van der Waals surface area contributed by atoms with Crippen LogP contribution in [0, 0.1) is 13.8 Å². The molecule has 0 saturated heterocycles. The van der Waals surface area contributed by atoms with Crippen LogP contribution in [0.3, 0.4) is 0 Å². The van der Waals surface area contributed by atoms with Crippen molar-refractivity contribution < 1.29 is 17.6 Å². The van der Waals surface area contributed by atoms with Crippen molar-refractivity contribution in [3.05, 3.63) is 53.9 Å². The fourth-order valence-electron chi connectivity index (χ4n) is 2.25. The number of furan rings is 1. The molecule has 0 aliphatic rings. The van der Waals surface area contributed by atoms with Crippen LogP contribution in [0.1, 0.15) is 11.3 Å². The minimum atomic E-state index is -3.87. The van der Waals surface area contributed by atoms with Gasteiger partial charge in [-0.3, -0.25) is 4.72 Å². The monoisotopic (exact) mass is 359 g/mol. The molecule has 0 aliphatic carbocycles. The highest BCUT2D eigenvalue weighted by Crippen LogP contribution is 2.28. The van der Waals surface area contributed by atoms with Crippen LogP contribution in [0.2, 0.25) is 0 Å². The molecule has 25 heavy (non-hydrogen) atoms. The molecule has 130 valence electrons. The Bertz CT molecular complexity index is 1010. The molecule has 3 rings (SSSR count). The normalized spacial score (nSPS) is 11.3. The first-order chi connectivity index (χ1) is 11.9. The first-order valence-corrected chi connectivity index (χ1v) is 8.95. The molecule has 0 fully saturated rings. The van der Waals surface area contributed by atoms with E-state index < -0.39 is 10.0 Å². The number of anilines is 1. The molecule has 2 heterocycles. The van der Waals surface area contributed by atoms with Crippen LogP contribution in [0.15, 0.2) is 52.0 Å². The highest BCUT2D eigenvalue weighted by Gasteiger charge is 2.19. The van der Waals surface area contributed by atoms with Crippen molar-refractivity contribution in [2.24, 2.45) is 0 Å². The van der Waals surface area contributed by atoms with Gasteiger partial charge in [0.05, 0.1) is 12.8 Å². The predicted molar refractivity (Wildman–Crippen MR) is 93.0 cm³/mol. The molecule has 0 bridgehead atoms. The second-order valence-corrected chi connectivity index (χ2v) is 7.06. The molecule has 2 aromatic heterocycles. The van der Waals surface area contributed by atoms with Crippen molar-refractivity contribution in [3.8, 4) is 17.3 Å². The number of nitrogens with zero attached hydrogens (tertiary/aromatic N) is 2. The Kier molecular flexibility index (Phi) is 4.45. The molecular formula is C17H17N3O4S. The Morgan fingerprint density at radius 2 is 1.92 bits per heavy atom. The maximum absolute atomic E-state index is 12.6. The molecule has 0 unspecified atom stereocenters. The van der Waals surface area contributed by atoms with Gasteiger partial charge < -0.3 is 9.15 Å². The Hall–Kier alpha value is -2.87. The SMILES string of the molecule is COc1nccc(S(=O)(=O)Nc2cc(-c3ccc(C)o3)ccc2C)n1. The van der Waals surface area contributed by atoms with Gasteiger partial charge in [0.2, 0.25) is 0 Å². The first kappa shape index (κ1) is 17.0. The number of rotatable bonds is 5. The smallest absolute Gasteiger partial charge is 0.317 e. The highest BCUT2D eigenvalue weighted by atomic mass is 32.2. The molecule has 0 amide bonds. The van der Waals surface area contributed by atoms with E-state index in [2.05, 4.69) is 14.7 Å². The van der Waals surface area contributed by atoms with E-state index in [4.69, 9.17) is 9.15 Å². The van der Waals surface area contributed by atoms with Crippen LogP contribution in [0.25, 0.3) is 11.3 Å². The van der Waals surface area contributed by atoms with Crippen LogP contribution in [0.4, 0.5) is 5.69 Å². The molecule has 8 heteroatoms. The summed E-state index contributed by atoms with van der Waals surface area (Å²) in [5.41, 5.74) is 2.00. The Balaban J connectivity index is 1.96. The molecule has 0 spiro atoms. The minimum Gasteiger partial charge on any atom is -0.467 e. The Labute approximate surface area is 145 Å². The number of benzene rings is 1. The van der Waals surface area contributed by atoms with Crippen molar-refractivity contribution in [3.63, 3.8) is 0 Å². The topological polar surface area (TPSA) is 94.3 Å². The lowest BCUT2D eigenvalue weighted by Crippen LogP contribution is -2.15. The van der Waals surface area contributed by atoms with Gasteiger partial charge in [-0.2, -0.15) is 13.4 Å². The molecule has 7 nitrogen and oxygen atoms in total. The third-order valence-electron chi connectivity index (χ3n) is 3.57.